The zero-order chi connectivity index (χ0) is 7.98. The Morgan fingerprint density at radius 1 is 1.50 bits per heavy atom. The molecular formula is C7H15NO2. The first-order valence-corrected chi connectivity index (χ1v) is 3.62. The van der Waals surface area contributed by atoms with Crippen molar-refractivity contribution >= 4 is 5.91 Å². The highest BCUT2D eigenvalue weighted by Gasteiger charge is 2.12. The Morgan fingerprint density at radius 3 is 2.40 bits per heavy atom. The van der Waals surface area contributed by atoms with Gasteiger partial charge in [-0.15, -0.1) is 0 Å². The maximum Gasteiger partial charge on any atom is 0.226 e. The van der Waals surface area contributed by atoms with Gasteiger partial charge in [0.25, 0.3) is 0 Å². The molecule has 0 aromatic carbocycles. The molecule has 0 atom stereocenters. The lowest BCUT2D eigenvalue weighted by Gasteiger charge is -2.21. The van der Waals surface area contributed by atoms with E-state index in [0.717, 1.165) is 0 Å². The molecule has 0 unspecified atom stereocenters. The minimum Gasteiger partial charge on any atom is -0.361 e. The summed E-state index contributed by atoms with van der Waals surface area (Å²) in [5, 5.41) is 0. The lowest BCUT2D eigenvalue weighted by Crippen LogP contribution is -2.34. The van der Waals surface area contributed by atoms with E-state index < -0.39 is 0 Å². The van der Waals surface area contributed by atoms with Gasteiger partial charge in [0.2, 0.25) is 5.91 Å². The zero-order valence-electron chi connectivity index (χ0n) is 6.89. The third-order valence-electron chi connectivity index (χ3n) is 1.17. The third-order valence-corrected chi connectivity index (χ3v) is 1.17. The van der Waals surface area contributed by atoms with Crippen LogP contribution in [0.2, 0.25) is 0 Å². The van der Waals surface area contributed by atoms with E-state index in [1.165, 1.54) is 0 Å². The number of rotatable bonds is 0. The molecule has 0 spiro atoms. The molecule has 1 amide bonds. The maximum atomic E-state index is 10.6. The molecule has 0 aromatic rings. The molecule has 1 rings (SSSR count). The first-order valence-electron chi connectivity index (χ1n) is 3.62. The van der Waals surface area contributed by atoms with E-state index in [9.17, 15) is 4.79 Å². The number of carbonyl (C=O) groups is 1. The van der Waals surface area contributed by atoms with Crippen molar-refractivity contribution in [3.05, 3.63) is 0 Å². The maximum absolute atomic E-state index is 10.6. The zero-order valence-corrected chi connectivity index (χ0v) is 6.89. The first kappa shape index (κ1) is 9.43. The predicted molar refractivity (Wildman–Crippen MR) is 39.6 cm³/mol. The van der Waals surface area contributed by atoms with Crippen LogP contribution in [-0.2, 0) is 9.53 Å². The van der Waals surface area contributed by atoms with Crippen LogP contribution in [0.15, 0.2) is 0 Å². The molecule has 0 N–H and O–H groups in total. The van der Waals surface area contributed by atoms with Crippen LogP contribution in [0.5, 0.6) is 0 Å². The number of hydrogen-bond acceptors (Lipinski definition) is 2. The number of amides is 1. The van der Waals surface area contributed by atoms with E-state index >= 15 is 0 Å². The lowest BCUT2D eigenvalue weighted by atomic mass is 10.4. The van der Waals surface area contributed by atoms with Crippen LogP contribution < -0.4 is 0 Å². The fraction of sp³-hybridized carbons (Fsp3) is 0.857. The molecule has 10 heavy (non-hydrogen) atoms. The Balaban J connectivity index is 0.000000371. The van der Waals surface area contributed by atoms with E-state index in [-0.39, 0.29) is 5.91 Å². The normalized spacial score (nSPS) is 17.9. The largest absolute Gasteiger partial charge is 0.361 e. The summed E-state index contributed by atoms with van der Waals surface area (Å²) in [6.07, 6.45) is 0.538. The third kappa shape index (κ3) is 2.82. The Kier molecular flexibility index (Phi) is 4.94. The Labute approximate surface area is 62.0 Å². The van der Waals surface area contributed by atoms with Crippen LogP contribution in [0.4, 0.5) is 0 Å². The van der Waals surface area contributed by atoms with Crippen LogP contribution >= 0.6 is 0 Å². The molecule has 0 aliphatic carbocycles. The summed E-state index contributed by atoms with van der Waals surface area (Å²) in [6, 6.07) is 0. The average molecular weight is 145 g/mol. The van der Waals surface area contributed by atoms with E-state index in [0.29, 0.717) is 19.8 Å². The molecule has 3 nitrogen and oxygen atoms in total. The van der Waals surface area contributed by atoms with Gasteiger partial charge in [-0.25, -0.2) is 0 Å². The Bertz CT molecular complexity index is 104. The second-order valence-electron chi connectivity index (χ2n) is 1.88. The van der Waals surface area contributed by atoms with Crippen molar-refractivity contribution in [3.8, 4) is 0 Å². The van der Waals surface area contributed by atoms with E-state index in [4.69, 9.17) is 4.74 Å². The molecule has 1 aliphatic heterocycles. The molecule has 1 heterocycles. The van der Waals surface area contributed by atoms with Gasteiger partial charge in [-0.05, 0) is 0 Å². The van der Waals surface area contributed by atoms with E-state index in [2.05, 4.69) is 0 Å². The van der Waals surface area contributed by atoms with Crippen molar-refractivity contribution in [2.45, 2.75) is 20.3 Å². The standard InChI is InChI=1S/C5H9NO2.C2H6/c1-6-4-8-3-2-5(6)7;1-2/h2-4H2,1H3;1-2H3. The topological polar surface area (TPSA) is 29.5 Å². The Morgan fingerprint density at radius 2 is 2.10 bits per heavy atom. The molecular weight excluding hydrogens is 130 g/mol. The van der Waals surface area contributed by atoms with Crippen LogP contribution in [0.1, 0.15) is 20.3 Å². The van der Waals surface area contributed by atoms with Gasteiger partial charge in [0, 0.05) is 7.05 Å². The van der Waals surface area contributed by atoms with Gasteiger partial charge < -0.3 is 9.64 Å². The lowest BCUT2D eigenvalue weighted by molar-refractivity contribution is -0.142. The van der Waals surface area contributed by atoms with Crippen LogP contribution in [0.25, 0.3) is 0 Å². The number of ether oxygens (including phenoxy) is 1. The molecule has 0 radical (unpaired) electrons. The van der Waals surface area contributed by atoms with Crippen LogP contribution in [0, 0.1) is 0 Å². The number of nitrogens with zero attached hydrogens (tertiary/aromatic N) is 1. The molecule has 60 valence electrons. The van der Waals surface area contributed by atoms with Gasteiger partial charge in [-0.2, -0.15) is 0 Å². The van der Waals surface area contributed by atoms with E-state index in [1.54, 1.807) is 11.9 Å². The van der Waals surface area contributed by atoms with Crippen LogP contribution in [0.3, 0.4) is 0 Å². The van der Waals surface area contributed by atoms with Gasteiger partial charge in [0.05, 0.1) is 13.0 Å². The average Bonchev–Trinajstić information content (AvgIpc) is 2.00. The summed E-state index contributed by atoms with van der Waals surface area (Å²) in [5.41, 5.74) is 0. The van der Waals surface area contributed by atoms with Crippen LogP contribution in [-0.4, -0.2) is 31.2 Å². The first-order chi connectivity index (χ1) is 4.80. The van der Waals surface area contributed by atoms with Crippen molar-refractivity contribution in [1.82, 2.24) is 4.90 Å². The highest BCUT2D eigenvalue weighted by Crippen LogP contribution is 1.98. The molecule has 0 bridgehead atoms. The van der Waals surface area contributed by atoms with Gasteiger partial charge in [0.1, 0.15) is 6.73 Å². The summed E-state index contributed by atoms with van der Waals surface area (Å²) < 4.78 is 4.96. The molecule has 0 saturated carbocycles. The SMILES string of the molecule is CC.CN1COCCC1=O. The minimum atomic E-state index is 0.177. The van der Waals surface area contributed by atoms with Gasteiger partial charge in [-0.3, -0.25) is 4.79 Å². The number of hydrogen-bond donors (Lipinski definition) is 0. The minimum absolute atomic E-state index is 0.177. The van der Waals surface area contributed by atoms with Crippen molar-refractivity contribution in [3.63, 3.8) is 0 Å². The summed E-state index contributed by atoms with van der Waals surface area (Å²) in [5.74, 6) is 0.177. The fourth-order valence-electron chi connectivity index (χ4n) is 0.624. The molecule has 1 fully saturated rings. The van der Waals surface area contributed by atoms with Crippen molar-refractivity contribution < 1.29 is 9.53 Å². The highest BCUT2D eigenvalue weighted by atomic mass is 16.5. The summed E-state index contributed by atoms with van der Waals surface area (Å²) in [4.78, 5) is 12.2. The van der Waals surface area contributed by atoms with E-state index in [1.807, 2.05) is 13.8 Å². The molecule has 1 aliphatic rings. The quantitative estimate of drug-likeness (QED) is 0.505. The molecule has 1 saturated heterocycles. The van der Waals surface area contributed by atoms with Crippen molar-refractivity contribution in [2.75, 3.05) is 20.4 Å². The number of carbonyl (C=O) groups excluding carboxylic acids is 1. The van der Waals surface area contributed by atoms with Gasteiger partial charge in [0.15, 0.2) is 0 Å². The van der Waals surface area contributed by atoms with Gasteiger partial charge >= 0.3 is 0 Å². The second kappa shape index (κ2) is 5.23. The second-order valence-corrected chi connectivity index (χ2v) is 1.88. The molecule has 0 aromatic heterocycles. The predicted octanol–water partition coefficient (Wildman–Crippen LogP) is 0.849. The smallest absolute Gasteiger partial charge is 0.226 e. The fourth-order valence-corrected chi connectivity index (χ4v) is 0.624. The summed E-state index contributed by atoms with van der Waals surface area (Å²) in [6.45, 7) is 5.04. The molecule has 3 heteroatoms. The summed E-state index contributed by atoms with van der Waals surface area (Å²) >= 11 is 0. The summed E-state index contributed by atoms with van der Waals surface area (Å²) in [7, 11) is 1.74. The van der Waals surface area contributed by atoms with Gasteiger partial charge in [-0.1, -0.05) is 13.8 Å². The highest BCUT2D eigenvalue weighted by molar-refractivity contribution is 5.76. The monoisotopic (exact) mass is 145 g/mol. The van der Waals surface area contributed by atoms with Crippen molar-refractivity contribution in [2.24, 2.45) is 0 Å². The van der Waals surface area contributed by atoms with Crippen molar-refractivity contribution in [1.29, 1.82) is 0 Å². The Hall–Kier alpha value is -0.570.